The minimum Gasteiger partial charge on any atom is -0.379 e. The van der Waals surface area contributed by atoms with E-state index in [4.69, 9.17) is 18.9 Å². The first-order valence-corrected chi connectivity index (χ1v) is 5.49. The van der Waals surface area contributed by atoms with Crippen molar-refractivity contribution in [2.24, 2.45) is 0 Å². The summed E-state index contributed by atoms with van der Waals surface area (Å²) < 4.78 is 21.0. The summed E-state index contributed by atoms with van der Waals surface area (Å²) in [5.74, 6) is 0. The van der Waals surface area contributed by atoms with Gasteiger partial charge in [0.15, 0.2) is 0 Å². The minimum absolute atomic E-state index is 0.165. The Hall–Kier alpha value is -0.160. The van der Waals surface area contributed by atoms with Gasteiger partial charge >= 0.3 is 0 Å². The summed E-state index contributed by atoms with van der Waals surface area (Å²) in [6.45, 7) is 5.60. The summed E-state index contributed by atoms with van der Waals surface area (Å²) in [6, 6.07) is 0. The molecule has 0 spiro atoms. The molecule has 0 saturated heterocycles. The first-order chi connectivity index (χ1) is 7.28. The van der Waals surface area contributed by atoms with Crippen molar-refractivity contribution in [3.05, 3.63) is 0 Å². The molecule has 0 bridgehead atoms. The van der Waals surface area contributed by atoms with E-state index >= 15 is 0 Å². The van der Waals surface area contributed by atoms with Gasteiger partial charge in [0.1, 0.15) is 6.79 Å². The molecule has 0 N–H and O–H groups in total. The van der Waals surface area contributed by atoms with Crippen LogP contribution in [0.4, 0.5) is 0 Å². The van der Waals surface area contributed by atoms with E-state index in [-0.39, 0.29) is 12.2 Å². The molecule has 92 valence electrons. The summed E-state index contributed by atoms with van der Waals surface area (Å²) in [4.78, 5) is 0. The highest BCUT2D eigenvalue weighted by Crippen LogP contribution is 1.99. The molecule has 0 aromatic carbocycles. The third-order valence-corrected chi connectivity index (χ3v) is 2.35. The molecule has 4 heteroatoms. The molecular formula is C11H24O4. The lowest BCUT2D eigenvalue weighted by molar-refractivity contribution is -0.106. The van der Waals surface area contributed by atoms with Crippen LogP contribution in [0.25, 0.3) is 0 Å². The van der Waals surface area contributed by atoms with Gasteiger partial charge in [-0.1, -0.05) is 13.8 Å². The Morgan fingerprint density at radius 3 is 1.47 bits per heavy atom. The van der Waals surface area contributed by atoms with E-state index in [2.05, 4.69) is 13.8 Å². The molecule has 0 fully saturated rings. The molecule has 0 aliphatic rings. The highest BCUT2D eigenvalue weighted by molar-refractivity contribution is 4.52. The monoisotopic (exact) mass is 220 g/mol. The third-order valence-electron chi connectivity index (χ3n) is 2.35. The van der Waals surface area contributed by atoms with Crippen LogP contribution in [0.1, 0.15) is 26.7 Å². The van der Waals surface area contributed by atoms with Crippen LogP contribution in [0.2, 0.25) is 0 Å². The van der Waals surface area contributed by atoms with E-state index < -0.39 is 0 Å². The van der Waals surface area contributed by atoms with Crippen molar-refractivity contribution in [1.82, 2.24) is 0 Å². The highest BCUT2D eigenvalue weighted by Gasteiger charge is 2.05. The Balaban J connectivity index is 3.30. The largest absolute Gasteiger partial charge is 0.379 e. The number of rotatable bonds is 10. The molecule has 0 rings (SSSR count). The Morgan fingerprint density at radius 2 is 1.20 bits per heavy atom. The van der Waals surface area contributed by atoms with Crippen LogP contribution < -0.4 is 0 Å². The van der Waals surface area contributed by atoms with Crippen LogP contribution in [0.15, 0.2) is 0 Å². The molecule has 0 amide bonds. The van der Waals surface area contributed by atoms with Gasteiger partial charge in [-0.15, -0.1) is 0 Å². The second-order valence-electron chi connectivity index (χ2n) is 3.39. The molecule has 0 heterocycles. The molecule has 4 nitrogen and oxygen atoms in total. The van der Waals surface area contributed by atoms with Gasteiger partial charge in [-0.2, -0.15) is 0 Å². The van der Waals surface area contributed by atoms with Gasteiger partial charge in [0, 0.05) is 14.2 Å². The fourth-order valence-corrected chi connectivity index (χ4v) is 1.12. The van der Waals surface area contributed by atoms with Crippen molar-refractivity contribution in [1.29, 1.82) is 0 Å². The summed E-state index contributed by atoms with van der Waals surface area (Å²) in [6.07, 6.45) is 2.23. The normalized spacial score (nSPS) is 15.2. The maximum Gasteiger partial charge on any atom is 0.146 e. The molecule has 0 radical (unpaired) electrons. The molecular weight excluding hydrogens is 196 g/mol. The van der Waals surface area contributed by atoms with Gasteiger partial charge in [0.05, 0.1) is 25.4 Å². The summed E-state index contributed by atoms with van der Waals surface area (Å²) in [5, 5.41) is 0. The van der Waals surface area contributed by atoms with E-state index in [1.54, 1.807) is 14.2 Å². The fourth-order valence-electron chi connectivity index (χ4n) is 1.12. The topological polar surface area (TPSA) is 36.9 Å². The predicted octanol–water partition coefficient (Wildman–Crippen LogP) is 1.83. The lowest BCUT2D eigenvalue weighted by atomic mass is 10.3. The Kier molecular flexibility index (Phi) is 10.3. The van der Waals surface area contributed by atoms with E-state index in [9.17, 15) is 0 Å². The van der Waals surface area contributed by atoms with E-state index in [1.807, 2.05) is 0 Å². The zero-order chi connectivity index (χ0) is 11.5. The van der Waals surface area contributed by atoms with E-state index in [1.165, 1.54) is 0 Å². The van der Waals surface area contributed by atoms with Crippen molar-refractivity contribution in [3.63, 3.8) is 0 Å². The molecule has 0 aliphatic carbocycles. The van der Waals surface area contributed by atoms with Crippen molar-refractivity contribution >= 4 is 0 Å². The third kappa shape index (κ3) is 7.73. The summed E-state index contributed by atoms with van der Waals surface area (Å²) in [5.41, 5.74) is 0. The zero-order valence-electron chi connectivity index (χ0n) is 10.3. The van der Waals surface area contributed by atoms with Gasteiger partial charge in [-0.3, -0.25) is 0 Å². The number of hydrogen-bond acceptors (Lipinski definition) is 4. The Bertz CT molecular complexity index is 108. The SMILES string of the molecule is CCC(COCOCC(CC)OC)OC. The first-order valence-electron chi connectivity index (χ1n) is 5.49. The maximum atomic E-state index is 5.31. The average Bonchev–Trinajstić information content (AvgIpc) is 2.29. The Labute approximate surface area is 92.8 Å². The zero-order valence-corrected chi connectivity index (χ0v) is 10.3. The summed E-state index contributed by atoms with van der Waals surface area (Å²) in [7, 11) is 3.38. The standard InChI is InChI=1S/C11H24O4/c1-5-10(12-3)7-14-9-15-8-11(6-2)13-4/h10-11H,5-9H2,1-4H3. The van der Waals surface area contributed by atoms with Crippen molar-refractivity contribution in [2.45, 2.75) is 38.9 Å². The number of ether oxygens (including phenoxy) is 4. The van der Waals surface area contributed by atoms with Crippen LogP contribution in [-0.2, 0) is 18.9 Å². The first kappa shape index (κ1) is 14.8. The molecule has 2 unspecified atom stereocenters. The van der Waals surface area contributed by atoms with Gasteiger partial charge in [-0.05, 0) is 12.8 Å². The van der Waals surface area contributed by atoms with Gasteiger partial charge in [0.2, 0.25) is 0 Å². The maximum absolute atomic E-state index is 5.31. The van der Waals surface area contributed by atoms with Crippen LogP contribution in [0.3, 0.4) is 0 Å². The van der Waals surface area contributed by atoms with Crippen LogP contribution >= 0.6 is 0 Å². The van der Waals surface area contributed by atoms with Crippen molar-refractivity contribution < 1.29 is 18.9 Å². The van der Waals surface area contributed by atoms with Gasteiger partial charge in [-0.25, -0.2) is 0 Å². The molecule has 15 heavy (non-hydrogen) atoms. The average molecular weight is 220 g/mol. The number of hydrogen-bond donors (Lipinski definition) is 0. The molecule has 2 atom stereocenters. The Morgan fingerprint density at radius 1 is 0.800 bits per heavy atom. The van der Waals surface area contributed by atoms with E-state index in [0.29, 0.717) is 20.0 Å². The minimum atomic E-state index is 0.165. The fraction of sp³-hybridized carbons (Fsp3) is 1.00. The lowest BCUT2D eigenvalue weighted by Gasteiger charge is -2.15. The highest BCUT2D eigenvalue weighted by atomic mass is 16.7. The van der Waals surface area contributed by atoms with Crippen molar-refractivity contribution in [3.8, 4) is 0 Å². The van der Waals surface area contributed by atoms with E-state index in [0.717, 1.165) is 12.8 Å². The molecule has 0 aliphatic heterocycles. The van der Waals surface area contributed by atoms with Crippen LogP contribution in [0, 0.1) is 0 Å². The van der Waals surface area contributed by atoms with Gasteiger partial charge < -0.3 is 18.9 Å². The summed E-state index contributed by atoms with van der Waals surface area (Å²) >= 11 is 0. The molecule has 0 aromatic heterocycles. The quantitative estimate of drug-likeness (QED) is 0.416. The lowest BCUT2D eigenvalue weighted by Crippen LogP contribution is -2.21. The van der Waals surface area contributed by atoms with Crippen molar-refractivity contribution in [2.75, 3.05) is 34.2 Å². The molecule has 0 aromatic rings. The van der Waals surface area contributed by atoms with Gasteiger partial charge in [0.25, 0.3) is 0 Å². The number of methoxy groups -OCH3 is 2. The molecule has 0 saturated carbocycles. The second-order valence-corrected chi connectivity index (χ2v) is 3.39. The second kappa shape index (κ2) is 10.4. The smallest absolute Gasteiger partial charge is 0.146 e. The predicted molar refractivity (Wildman–Crippen MR) is 58.9 cm³/mol. The van der Waals surface area contributed by atoms with Crippen LogP contribution in [0.5, 0.6) is 0 Å². The van der Waals surface area contributed by atoms with Crippen LogP contribution in [-0.4, -0.2) is 46.4 Å².